The molecule has 0 amide bonds. The molecule has 0 aliphatic heterocycles. The highest BCUT2D eigenvalue weighted by atomic mass is 16.5. The number of hydrogen-bond acceptors (Lipinski definition) is 7. The van der Waals surface area contributed by atoms with E-state index in [2.05, 4.69) is 0 Å². The molecule has 0 bridgehead atoms. The van der Waals surface area contributed by atoms with Crippen molar-refractivity contribution in [3.63, 3.8) is 0 Å². The van der Waals surface area contributed by atoms with Crippen molar-refractivity contribution in [1.82, 2.24) is 0 Å². The third kappa shape index (κ3) is 6.53. The van der Waals surface area contributed by atoms with Gasteiger partial charge in [0.2, 0.25) is 0 Å². The minimum atomic E-state index is -1.24. The summed E-state index contributed by atoms with van der Waals surface area (Å²) in [6.07, 6.45) is 0.618. The van der Waals surface area contributed by atoms with Gasteiger partial charge in [0.15, 0.2) is 0 Å². The minimum absolute atomic E-state index is 0.0473. The van der Waals surface area contributed by atoms with Crippen LogP contribution in [0, 0.1) is 5.41 Å². The largest absolute Gasteiger partial charge is 0.550 e. The summed E-state index contributed by atoms with van der Waals surface area (Å²) in [7, 11) is 0. The quantitative estimate of drug-likeness (QED) is 0.301. The van der Waals surface area contributed by atoms with Crippen LogP contribution in [0.15, 0.2) is 0 Å². The number of carbonyl (C=O) groups excluding carboxylic acids is 2. The molecule has 0 saturated heterocycles. The third-order valence-electron chi connectivity index (χ3n) is 2.56. The Labute approximate surface area is 105 Å². The Balaban J connectivity index is 3.84. The summed E-state index contributed by atoms with van der Waals surface area (Å²) in [6, 6.07) is 0. The highest BCUT2D eigenvalue weighted by molar-refractivity contribution is 5.69. The molecule has 106 valence electrons. The molecule has 0 fully saturated rings. The average molecular weight is 263 g/mol. The van der Waals surface area contributed by atoms with E-state index in [-0.39, 0.29) is 19.4 Å². The SMILES string of the molecule is O=C([O-])CCCCC(=O)OCC(CO)(CO)CO. The Morgan fingerprint density at radius 2 is 1.50 bits per heavy atom. The van der Waals surface area contributed by atoms with E-state index in [0.29, 0.717) is 12.8 Å². The first kappa shape index (κ1) is 16.8. The normalized spacial score (nSPS) is 11.3. The zero-order valence-electron chi connectivity index (χ0n) is 10.1. The lowest BCUT2D eigenvalue weighted by Gasteiger charge is -2.26. The molecular weight excluding hydrogens is 244 g/mol. The van der Waals surface area contributed by atoms with Gasteiger partial charge >= 0.3 is 5.97 Å². The number of ether oxygens (including phenoxy) is 1. The van der Waals surface area contributed by atoms with Gasteiger partial charge in [-0.15, -0.1) is 0 Å². The van der Waals surface area contributed by atoms with Gasteiger partial charge in [-0.2, -0.15) is 0 Å². The lowest BCUT2D eigenvalue weighted by Crippen LogP contribution is -2.39. The maximum Gasteiger partial charge on any atom is 0.305 e. The standard InChI is InChI=1S/C11H20O7/c12-5-11(6-13,7-14)8-18-10(17)4-2-1-3-9(15)16/h12-14H,1-8H2,(H,15,16)/p-1. The molecule has 0 spiro atoms. The van der Waals surface area contributed by atoms with Crippen LogP contribution in [0.3, 0.4) is 0 Å². The van der Waals surface area contributed by atoms with E-state index in [1.807, 2.05) is 0 Å². The van der Waals surface area contributed by atoms with Crippen LogP contribution in [0.1, 0.15) is 25.7 Å². The number of rotatable bonds is 10. The van der Waals surface area contributed by atoms with Crippen molar-refractivity contribution >= 4 is 11.9 Å². The van der Waals surface area contributed by atoms with Crippen LogP contribution >= 0.6 is 0 Å². The number of carbonyl (C=O) groups is 2. The second kappa shape index (κ2) is 8.84. The summed E-state index contributed by atoms with van der Waals surface area (Å²) in [5.41, 5.74) is -1.24. The molecule has 0 radical (unpaired) electrons. The Hall–Kier alpha value is -1.18. The molecule has 0 aromatic rings. The molecule has 7 heteroatoms. The van der Waals surface area contributed by atoms with E-state index < -0.39 is 37.2 Å². The zero-order valence-corrected chi connectivity index (χ0v) is 10.1. The topological polar surface area (TPSA) is 127 Å². The highest BCUT2D eigenvalue weighted by Crippen LogP contribution is 2.15. The van der Waals surface area contributed by atoms with Crippen molar-refractivity contribution < 1.29 is 34.8 Å². The van der Waals surface area contributed by atoms with Gasteiger partial charge in [0.1, 0.15) is 6.61 Å². The van der Waals surface area contributed by atoms with E-state index in [0.717, 1.165) is 0 Å². The van der Waals surface area contributed by atoms with Crippen LogP contribution in [-0.2, 0) is 14.3 Å². The molecule has 3 N–H and O–H groups in total. The van der Waals surface area contributed by atoms with Crippen molar-refractivity contribution in [3.8, 4) is 0 Å². The number of aliphatic carboxylic acids is 1. The molecule has 18 heavy (non-hydrogen) atoms. The number of aliphatic hydroxyl groups excluding tert-OH is 3. The fourth-order valence-electron chi connectivity index (χ4n) is 1.13. The Kier molecular flexibility index (Phi) is 8.27. The molecule has 0 rings (SSSR count). The molecular formula is C11H19O7-. The summed E-state index contributed by atoms with van der Waals surface area (Å²) in [5.74, 6) is -1.73. The first-order chi connectivity index (χ1) is 8.49. The summed E-state index contributed by atoms with van der Waals surface area (Å²) in [5, 5.41) is 37.1. The number of unbranched alkanes of at least 4 members (excludes halogenated alkanes) is 1. The maximum atomic E-state index is 11.3. The Bertz CT molecular complexity index is 252. The number of hydrogen-bond donors (Lipinski definition) is 3. The van der Waals surface area contributed by atoms with Crippen LogP contribution < -0.4 is 5.11 Å². The molecule has 0 aliphatic carbocycles. The fourth-order valence-corrected chi connectivity index (χ4v) is 1.13. The molecule has 7 nitrogen and oxygen atoms in total. The van der Waals surface area contributed by atoms with Crippen molar-refractivity contribution in [2.75, 3.05) is 26.4 Å². The lowest BCUT2D eigenvalue weighted by atomic mass is 9.93. The second-order valence-electron chi connectivity index (χ2n) is 4.21. The van der Waals surface area contributed by atoms with Gasteiger partial charge in [-0.25, -0.2) is 0 Å². The van der Waals surface area contributed by atoms with Gasteiger partial charge in [0, 0.05) is 12.4 Å². The third-order valence-corrected chi connectivity index (χ3v) is 2.56. The van der Waals surface area contributed by atoms with E-state index in [1.165, 1.54) is 0 Å². The molecule has 0 unspecified atom stereocenters. The predicted octanol–water partition coefficient (Wildman–Crippen LogP) is -2.20. The van der Waals surface area contributed by atoms with Crippen LogP contribution in [0.25, 0.3) is 0 Å². The van der Waals surface area contributed by atoms with Gasteiger partial charge in [-0.3, -0.25) is 4.79 Å². The molecule has 0 aromatic carbocycles. The van der Waals surface area contributed by atoms with Crippen LogP contribution in [-0.4, -0.2) is 53.7 Å². The Morgan fingerprint density at radius 3 is 1.94 bits per heavy atom. The molecule has 0 atom stereocenters. The van der Waals surface area contributed by atoms with Crippen molar-refractivity contribution in [2.45, 2.75) is 25.7 Å². The number of aliphatic hydroxyl groups is 3. The maximum absolute atomic E-state index is 11.3. The summed E-state index contributed by atoms with van der Waals surface area (Å²) in [4.78, 5) is 21.4. The molecule has 0 saturated carbocycles. The predicted molar refractivity (Wildman–Crippen MR) is 58.1 cm³/mol. The zero-order chi connectivity index (χ0) is 14.0. The fraction of sp³-hybridized carbons (Fsp3) is 0.818. The monoisotopic (exact) mass is 263 g/mol. The highest BCUT2D eigenvalue weighted by Gasteiger charge is 2.29. The first-order valence-electron chi connectivity index (χ1n) is 5.68. The Morgan fingerprint density at radius 1 is 1.00 bits per heavy atom. The molecule has 0 aromatic heterocycles. The van der Waals surface area contributed by atoms with Gasteiger partial charge in [0.05, 0.1) is 25.2 Å². The molecule has 0 heterocycles. The van der Waals surface area contributed by atoms with Crippen LogP contribution in [0.5, 0.6) is 0 Å². The summed E-state index contributed by atoms with van der Waals surface area (Å²) < 4.78 is 4.81. The van der Waals surface area contributed by atoms with Gasteiger partial charge in [-0.1, -0.05) is 0 Å². The van der Waals surface area contributed by atoms with Gasteiger partial charge in [0.25, 0.3) is 0 Å². The van der Waals surface area contributed by atoms with Crippen LogP contribution in [0.2, 0.25) is 0 Å². The van der Waals surface area contributed by atoms with E-state index in [9.17, 15) is 14.7 Å². The summed E-state index contributed by atoms with van der Waals surface area (Å²) >= 11 is 0. The van der Waals surface area contributed by atoms with Crippen molar-refractivity contribution in [2.24, 2.45) is 5.41 Å². The summed E-state index contributed by atoms with van der Waals surface area (Å²) in [6.45, 7) is -1.79. The van der Waals surface area contributed by atoms with Crippen molar-refractivity contribution in [3.05, 3.63) is 0 Å². The number of carboxylic acid groups (broad SMARTS) is 1. The van der Waals surface area contributed by atoms with Crippen molar-refractivity contribution in [1.29, 1.82) is 0 Å². The average Bonchev–Trinajstić information content (AvgIpc) is 2.37. The van der Waals surface area contributed by atoms with Gasteiger partial charge < -0.3 is 30.0 Å². The smallest absolute Gasteiger partial charge is 0.305 e. The van der Waals surface area contributed by atoms with E-state index >= 15 is 0 Å². The van der Waals surface area contributed by atoms with Gasteiger partial charge in [-0.05, 0) is 19.3 Å². The number of esters is 1. The van der Waals surface area contributed by atoms with E-state index in [1.54, 1.807) is 0 Å². The van der Waals surface area contributed by atoms with E-state index in [4.69, 9.17) is 20.1 Å². The van der Waals surface area contributed by atoms with Crippen LogP contribution in [0.4, 0.5) is 0 Å². The number of carboxylic acids is 1. The molecule has 0 aliphatic rings. The second-order valence-corrected chi connectivity index (χ2v) is 4.21. The first-order valence-corrected chi connectivity index (χ1v) is 5.68. The minimum Gasteiger partial charge on any atom is -0.550 e. The lowest BCUT2D eigenvalue weighted by molar-refractivity contribution is -0.305.